The molecule has 3 rings (SSSR count). The highest BCUT2D eigenvalue weighted by molar-refractivity contribution is 5.77. The molecule has 2 N–H and O–H groups in total. The van der Waals surface area contributed by atoms with Gasteiger partial charge in [0.1, 0.15) is 5.60 Å². The lowest BCUT2D eigenvalue weighted by Crippen LogP contribution is -2.79. The van der Waals surface area contributed by atoms with E-state index in [0.717, 1.165) is 25.7 Å². The van der Waals surface area contributed by atoms with Gasteiger partial charge in [0.25, 0.3) is 0 Å². The molecule has 0 radical (unpaired) electrons. The fourth-order valence-corrected chi connectivity index (χ4v) is 5.79. The Morgan fingerprint density at radius 2 is 1.91 bits per heavy atom. The predicted octanol–water partition coefficient (Wildman–Crippen LogP) is 3.05. The van der Waals surface area contributed by atoms with Gasteiger partial charge in [-0.3, -0.25) is 4.79 Å². The second-order valence-corrected chi connectivity index (χ2v) is 9.92. The summed E-state index contributed by atoms with van der Waals surface area (Å²) in [5, 5.41) is 20.6. The summed E-state index contributed by atoms with van der Waals surface area (Å²) < 4.78 is 6.03. The third-order valence-electron chi connectivity index (χ3n) is 6.48. The standard InChI is InChI=1S/C19H32O4/c1-6-17(5,10-16(2,3)4)15(21)23-19-8-12-7-13(20)9-18(22,11-19)14(12)19/h12-14,20,22H,6-11H2,1-5H3. The molecule has 4 nitrogen and oxygen atoms in total. The van der Waals surface area contributed by atoms with Crippen molar-refractivity contribution in [2.24, 2.45) is 22.7 Å². The maximum atomic E-state index is 12.9. The molecule has 0 aromatic carbocycles. The van der Waals surface area contributed by atoms with Gasteiger partial charge in [-0.15, -0.1) is 0 Å². The van der Waals surface area contributed by atoms with Crippen LogP contribution in [0.1, 0.15) is 73.1 Å². The number of carbonyl (C=O) groups excluding carboxylic acids is 1. The molecule has 6 atom stereocenters. The molecule has 3 aliphatic rings. The lowest BCUT2D eigenvalue weighted by Gasteiger charge is -2.72. The lowest BCUT2D eigenvalue weighted by molar-refractivity contribution is -0.348. The first-order valence-electron chi connectivity index (χ1n) is 9.07. The molecular formula is C19H32O4. The van der Waals surface area contributed by atoms with Crippen molar-refractivity contribution in [3.63, 3.8) is 0 Å². The second kappa shape index (κ2) is 4.95. The van der Waals surface area contributed by atoms with Gasteiger partial charge in [0, 0.05) is 18.8 Å². The molecule has 0 saturated heterocycles. The van der Waals surface area contributed by atoms with Crippen LogP contribution in [0.5, 0.6) is 0 Å². The Morgan fingerprint density at radius 3 is 2.43 bits per heavy atom. The van der Waals surface area contributed by atoms with Gasteiger partial charge in [-0.05, 0) is 43.9 Å². The van der Waals surface area contributed by atoms with Gasteiger partial charge in [0.15, 0.2) is 0 Å². The summed E-state index contributed by atoms with van der Waals surface area (Å²) in [5.74, 6) is 0.237. The smallest absolute Gasteiger partial charge is 0.312 e. The third kappa shape index (κ3) is 2.62. The summed E-state index contributed by atoms with van der Waals surface area (Å²) in [5.41, 5.74) is -1.67. The van der Waals surface area contributed by atoms with E-state index in [0.29, 0.717) is 18.8 Å². The molecule has 0 amide bonds. The average molecular weight is 324 g/mol. The zero-order valence-corrected chi connectivity index (χ0v) is 15.2. The van der Waals surface area contributed by atoms with E-state index in [1.54, 1.807) is 0 Å². The number of carbonyl (C=O) groups is 1. The molecule has 0 heterocycles. The molecule has 4 heteroatoms. The van der Waals surface area contributed by atoms with Crippen LogP contribution >= 0.6 is 0 Å². The maximum Gasteiger partial charge on any atom is 0.312 e. The Labute approximate surface area is 139 Å². The van der Waals surface area contributed by atoms with E-state index >= 15 is 0 Å². The van der Waals surface area contributed by atoms with Crippen LogP contribution < -0.4 is 0 Å². The molecule has 0 aliphatic heterocycles. The van der Waals surface area contributed by atoms with Crippen molar-refractivity contribution in [2.75, 3.05) is 0 Å². The van der Waals surface area contributed by atoms with E-state index in [1.807, 2.05) is 13.8 Å². The molecule has 6 unspecified atom stereocenters. The largest absolute Gasteiger partial charge is 0.458 e. The highest BCUT2D eigenvalue weighted by Gasteiger charge is 2.76. The quantitative estimate of drug-likeness (QED) is 0.780. The Morgan fingerprint density at radius 1 is 1.26 bits per heavy atom. The number of aliphatic hydroxyl groups excluding tert-OH is 1. The van der Waals surface area contributed by atoms with E-state index in [4.69, 9.17) is 4.74 Å². The van der Waals surface area contributed by atoms with Gasteiger partial charge in [0.2, 0.25) is 0 Å². The van der Waals surface area contributed by atoms with Crippen LogP contribution in [-0.2, 0) is 9.53 Å². The monoisotopic (exact) mass is 324 g/mol. The highest BCUT2D eigenvalue weighted by atomic mass is 16.6. The predicted molar refractivity (Wildman–Crippen MR) is 87.7 cm³/mol. The Bertz CT molecular complexity index is 510. The molecular weight excluding hydrogens is 292 g/mol. The van der Waals surface area contributed by atoms with E-state index < -0.39 is 22.7 Å². The topological polar surface area (TPSA) is 66.8 Å². The summed E-state index contributed by atoms with van der Waals surface area (Å²) in [6, 6.07) is 0. The maximum absolute atomic E-state index is 12.9. The minimum atomic E-state index is -0.812. The fraction of sp³-hybridized carbons (Fsp3) is 0.947. The van der Waals surface area contributed by atoms with E-state index in [2.05, 4.69) is 20.8 Å². The number of hydrogen-bond acceptors (Lipinski definition) is 4. The molecule has 0 spiro atoms. The summed E-state index contributed by atoms with van der Waals surface area (Å²) in [4.78, 5) is 12.9. The Kier molecular flexibility index (Phi) is 3.71. The van der Waals surface area contributed by atoms with E-state index in [-0.39, 0.29) is 17.3 Å². The molecule has 0 aromatic rings. The normalized spacial score (nSPS) is 44.4. The number of aliphatic hydroxyl groups is 2. The van der Waals surface area contributed by atoms with Crippen molar-refractivity contribution in [1.29, 1.82) is 0 Å². The number of ether oxygens (including phenoxy) is 1. The average Bonchev–Trinajstić information content (AvgIpc) is 2.32. The van der Waals surface area contributed by atoms with Crippen LogP contribution in [0.2, 0.25) is 0 Å². The lowest BCUT2D eigenvalue weighted by atomic mass is 9.38. The fourth-order valence-electron chi connectivity index (χ4n) is 5.79. The van der Waals surface area contributed by atoms with Crippen LogP contribution in [0.25, 0.3) is 0 Å². The first-order chi connectivity index (χ1) is 10.4. The highest BCUT2D eigenvalue weighted by Crippen LogP contribution is 2.69. The zero-order valence-electron chi connectivity index (χ0n) is 15.2. The van der Waals surface area contributed by atoms with Crippen LogP contribution in [0.4, 0.5) is 0 Å². The minimum absolute atomic E-state index is 0.0399. The van der Waals surface area contributed by atoms with Gasteiger partial charge in [-0.1, -0.05) is 27.7 Å². The zero-order chi connectivity index (χ0) is 17.3. The van der Waals surface area contributed by atoms with Gasteiger partial charge < -0.3 is 14.9 Å². The molecule has 0 aromatic heterocycles. The van der Waals surface area contributed by atoms with E-state index in [1.165, 1.54) is 0 Å². The number of hydrogen-bond donors (Lipinski definition) is 2. The van der Waals surface area contributed by atoms with Crippen molar-refractivity contribution in [3.8, 4) is 0 Å². The van der Waals surface area contributed by atoms with Gasteiger partial charge in [-0.25, -0.2) is 0 Å². The number of rotatable bonds is 4. The molecule has 3 aliphatic carbocycles. The first-order valence-corrected chi connectivity index (χ1v) is 9.07. The van der Waals surface area contributed by atoms with Crippen molar-refractivity contribution < 1.29 is 19.7 Å². The molecule has 0 bridgehead atoms. The SMILES string of the molecule is CCC(C)(CC(C)(C)C)C(=O)OC12CC3CC(O)CC(O)(C1)C32. The number of esters is 1. The first kappa shape index (κ1) is 17.2. The van der Waals surface area contributed by atoms with Crippen LogP contribution in [0, 0.1) is 22.7 Å². The summed E-state index contributed by atoms with van der Waals surface area (Å²) in [6.07, 6.45) is 3.62. The second-order valence-electron chi connectivity index (χ2n) is 9.92. The van der Waals surface area contributed by atoms with Crippen molar-refractivity contribution in [1.82, 2.24) is 0 Å². The molecule has 23 heavy (non-hydrogen) atoms. The van der Waals surface area contributed by atoms with Crippen LogP contribution in [0.3, 0.4) is 0 Å². The summed E-state index contributed by atoms with van der Waals surface area (Å²) >= 11 is 0. The summed E-state index contributed by atoms with van der Waals surface area (Å²) in [6.45, 7) is 10.5. The van der Waals surface area contributed by atoms with Crippen molar-refractivity contribution in [3.05, 3.63) is 0 Å². The van der Waals surface area contributed by atoms with Crippen molar-refractivity contribution >= 4 is 5.97 Å². The Hall–Kier alpha value is -0.610. The van der Waals surface area contributed by atoms with Crippen molar-refractivity contribution in [2.45, 2.75) is 90.4 Å². The van der Waals surface area contributed by atoms with Crippen LogP contribution in [0.15, 0.2) is 0 Å². The third-order valence-corrected chi connectivity index (χ3v) is 6.48. The van der Waals surface area contributed by atoms with Gasteiger partial charge >= 0.3 is 5.97 Å². The molecule has 3 saturated carbocycles. The Balaban J connectivity index is 1.70. The van der Waals surface area contributed by atoms with Crippen LogP contribution in [-0.4, -0.2) is 33.5 Å². The van der Waals surface area contributed by atoms with Gasteiger partial charge in [-0.2, -0.15) is 0 Å². The van der Waals surface area contributed by atoms with E-state index in [9.17, 15) is 15.0 Å². The molecule has 3 fully saturated rings. The summed E-state index contributed by atoms with van der Waals surface area (Å²) in [7, 11) is 0. The minimum Gasteiger partial charge on any atom is -0.458 e. The molecule has 132 valence electrons. The van der Waals surface area contributed by atoms with Gasteiger partial charge in [0.05, 0.1) is 17.1 Å².